The molecule has 2 N–H and O–H groups in total. The van der Waals surface area contributed by atoms with Crippen LogP contribution in [-0.2, 0) is 22.9 Å². The second kappa shape index (κ2) is 12.6. The third-order valence-corrected chi connectivity index (χ3v) is 3.55. The van der Waals surface area contributed by atoms with Crippen LogP contribution in [0.1, 0.15) is 57.4 Å². The first-order chi connectivity index (χ1) is 9.22. The second-order valence-electron chi connectivity index (χ2n) is 4.86. The average Bonchev–Trinajstić information content (AvgIpc) is 2.39. The van der Waals surface area contributed by atoms with E-state index in [0.717, 1.165) is 6.42 Å². The van der Waals surface area contributed by atoms with E-state index < -0.39 is 8.60 Å². The van der Waals surface area contributed by atoms with Gasteiger partial charge in [-0.25, -0.2) is 0 Å². The van der Waals surface area contributed by atoms with E-state index in [4.69, 9.17) is 14.3 Å². The van der Waals surface area contributed by atoms with Gasteiger partial charge in [-0.2, -0.15) is 0 Å². The fraction of sp³-hybridized carbons (Fsp3) is 0.600. The Morgan fingerprint density at radius 1 is 0.900 bits per heavy atom. The predicted molar refractivity (Wildman–Crippen MR) is 80.1 cm³/mol. The molecule has 0 aliphatic heterocycles. The van der Waals surface area contributed by atoms with Gasteiger partial charge in [0.2, 0.25) is 0 Å². The van der Waals surface area contributed by atoms with Gasteiger partial charge in [-0.3, -0.25) is 0 Å². The predicted octanol–water partition coefficient (Wildman–Crippen LogP) is 4.57. The third kappa shape index (κ3) is 9.72. The monoisotopic (exact) mass is 342 g/mol. The minimum atomic E-state index is -2.31. The van der Waals surface area contributed by atoms with E-state index in [9.17, 15) is 0 Å². The zero-order valence-corrected chi connectivity index (χ0v) is 13.9. The van der Waals surface area contributed by atoms with Gasteiger partial charge in [0.25, 0.3) is 0 Å². The van der Waals surface area contributed by atoms with Gasteiger partial charge in [-0.1, -0.05) is 57.6 Å². The molecule has 0 aliphatic carbocycles. The molecule has 5 heteroatoms. The summed E-state index contributed by atoms with van der Waals surface area (Å²) in [5.41, 5.74) is 1.28. The first kappa shape index (κ1) is 19.9. The maximum Gasteiger partial charge on any atom is 0.391 e. The molecule has 0 heterocycles. The maximum atomic E-state index is 8.74. The molecule has 0 amide bonds. The largest absolute Gasteiger partial charge is 0.427 e. The topological polar surface area (TPSA) is 49.7 Å². The fourth-order valence-electron chi connectivity index (χ4n) is 2.10. The van der Waals surface area contributed by atoms with Crippen LogP contribution in [0.5, 0.6) is 5.75 Å². The second-order valence-corrected chi connectivity index (χ2v) is 5.55. The van der Waals surface area contributed by atoms with Crippen molar-refractivity contribution in [3.8, 4) is 5.75 Å². The summed E-state index contributed by atoms with van der Waals surface area (Å²) in [7, 11) is -2.31. The van der Waals surface area contributed by atoms with Gasteiger partial charge < -0.3 is 14.3 Å². The molecule has 0 saturated carbocycles. The van der Waals surface area contributed by atoms with Crippen LogP contribution in [0.4, 0.5) is 0 Å². The number of hydrogen-bond acceptors (Lipinski definition) is 3. The van der Waals surface area contributed by atoms with Crippen molar-refractivity contribution >= 4 is 8.60 Å². The molecule has 20 heavy (non-hydrogen) atoms. The fourth-order valence-corrected chi connectivity index (χ4v) is 2.41. The molecule has 1 aromatic rings. The van der Waals surface area contributed by atoms with Crippen LogP contribution in [0.15, 0.2) is 24.3 Å². The summed E-state index contributed by atoms with van der Waals surface area (Å²) in [5.74, 6) is 0.513. The van der Waals surface area contributed by atoms with Gasteiger partial charge in [0.05, 0.1) is 0 Å². The molecule has 0 atom stereocenters. The van der Waals surface area contributed by atoms with E-state index in [2.05, 4.69) is 6.92 Å². The summed E-state index contributed by atoms with van der Waals surface area (Å²) >= 11 is 0. The first-order valence-corrected chi connectivity index (χ1v) is 8.33. The van der Waals surface area contributed by atoms with Crippen molar-refractivity contribution in [2.24, 2.45) is 0 Å². The van der Waals surface area contributed by atoms with Gasteiger partial charge in [-0.15, -0.1) is 0 Å². The smallest absolute Gasteiger partial charge is 0.391 e. The number of aryl methyl sites for hydroxylation is 1. The Bertz CT molecular complexity index is 330. The van der Waals surface area contributed by atoms with E-state index >= 15 is 0 Å². The van der Waals surface area contributed by atoms with Crippen molar-refractivity contribution in [2.45, 2.75) is 58.3 Å². The van der Waals surface area contributed by atoms with Crippen LogP contribution in [0, 0.1) is 0 Å². The maximum absolute atomic E-state index is 8.74. The minimum Gasteiger partial charge on any atom is -0.427 e. The van der Waals surface area contributed by atoms with Gasteiger partial charge in [0, 0.05) is 16.5 Å². The van der Waals surface area contributed by atoms with Crippen LogP contribution < -0.4 is 4.52 Å². The molecule has 0 spiro atoms. The van der Waals surface area contributed by atoms with E-state index in [-0.39, 0.29) is 16.5 Å². The number of rotatable bonds is 10. The molecular formula is C15H25NiO3P. The van der Waals surface area contributed by atoms with E-state index in [1.807, 2.05) is 12.1 Å². The zero-order chi connectivity index (χ0) is 13.9. The van der Waals surface area contributed by atoms with Gasteiger partial charge in [0.1, 0.15) is 5.75 Å². The van der Waals surface area contributed by atoms with E-state index in [0.29, 0.717) is 5.75 Å². The summed E-state index contributed by atoms with van der Waals surface area (Å²) in [4.78, 5) is 17.5. The molecule has 0 aliphatic rings. The summed E-state index contributed by atoms with van der Waals surface area (Å²) in [6.07, 6.45) is 10.3. The Balaban J connectivity index is 0.00000361. The quantitative estimate of drug-likeness (QED) is 0.372. The van der Waals surface area contributed by atoms with Crippen LogP contribution >= 0.6 is 8.60 Å². The first-order valence-electron chi connectivity index (χ1n) is 7.17. The van der Waals surface area contributed by atoms with Crippen molar-refractivity contribution in [1.82, 2.24) is 0 Å². The molecule has 1 rings (SSSR count). The van der Waals surface area contributed by atoms with E-state index in [1.165, 1.54) is 50.5 Å². The molecule has 118 valence electrons. The summed E-state index contributed by atoms with van der Waals surface area (Å²) in [5, 5.41) is 0. The van der Waals surface area contributed by atoms with Crippen molar-refractivity contribution in [3.05, 3.63) is 29.8 Å². The normalized spacial score (nSPS) is 10.4. The van der Waals surface area contributed by atoms with Gasteiger partial charge in [0.15, 0.2) is 0 Å². The molecular weight excluding hydrogens is 318 g/mol. The van der Waals surface area contributed by atoms with Crippen molar-refractivity contribution in [2.75, 3.05) is 0 Å². The zero-order valence-electron chi connectivity index (χ0n) is 12.0. The van der Waals surface area contributed by atoms with Crippen molar-refractivity contribution in [3.63, 3.8) is 0 Å². The Morgan fingerprint density at radius 2 is 1.45 bits per heavy atom. The molecule has 3 nitrogen and oxygen atoms in total. The molecule has 1 aromatic carbocycles. The molecule has 0 fully saturated rings. The van der Waals surface area contributed by atoms with Crippen LogP contribution in [0.3, 0.4) is 0 Å². The van der Waals surface area contributed by atoms with E-state index in [1.54, 1.807) is 12.1 Å². The summed E-state index contributed by atoms with van der Waals surface area (Å²) in [6, 6.07) is 7.56. The molecule has 0 unspecified atom stereocenters. The molecule has 0 radical (unpaired) electrons. The van der Waals surface area contributed by atoms with Crippen molar-refractivity contribution < 1.29 is 30.8 Å². The van der Waals surface area contributed by atoms with Crippen LogP contribution in [-0.4, -0.2) is 9.79 Å². The minimum absolute atomic E-state index is 0. The Hall–Kier alpha value is -0.136. The molecule has 0 saturated heterocycles. The Labute approximate surface area is 133 Å². The Morgan fingerprint density at radius 3 is 2.00 bits per heavy atom. The van der Waals surface area contributed by atoms with Gasteiger partial charge >= 0.3 is 8.60 Å². The molecule has 0 bridgehead atoms. The van der Waals surface area contributed by atoms with Crippen LogP contribution in [0.2, 0.25) is 0 Å². The Kier molecular flexibility index (Phi) is 12.5. The van der Waals surface area contributed by atoms with Crippen molar-refractivity contribution in [1.29, 1.82) is 0 Å². The molecule has 0 aromatic heterocycles. The third-order valence-electron chi connectivity index (χ3n) is 3.18. The number of hydrogen-bond donors (Lipinski definition) is 2. The average molecular weight is 343 g/mol. The summed E-state index contributed by atoms with van der Waals surface area (Å²) in [6.45, 7) is 2.24. The number of benzene rings is 1. The summed E-state index contributed by atoms with van der Waals surface area (Å²) < 4.78 is 4.83. The van der Waals surface area contributed by atoms with Crippen LogP contribution in [0.25, 0.3) is 0 Å². The standard InChI is InChI=1S/C15H25O3P.Ni/c1-2-3-4-5-6-7-8-9-14-10-12-15(13-11-14)18-19(16)17;/h10-13,16-17H,2-9H2,1H3;. The number of unbranched alkanes of at least 4 members (excludes halogenated alkanes) is 6. The SMILES string of the molecule is CCCCCCCCCc1ccc(OP(O)O)cc1.[Ni]. The van der Waals surface area contributed by atoms with Gasteiger partial charge in [-0.05, 0) is 30.5 Å².